The van der Waals surface area contributed by atoms with Crippen LogP contribution in [-0.2, 0) is 4.79 Å². The maximum Gasteiger partial charge on any atom is 0.260 e. The fourth-order valence-corrected chi connectivity index (χ4v) is 4.59. The van der Waals surface area contributed by atoms with Crippen molar-refractivity contribution in [1.82, 2.24) is 9.97 Å². The van der Waals surface area contributed by atoms with Crippen LogP contribution in [0.3, 0.4) is 0 Å². The van der Waals surface area contributed by atoms with Gasteiger partial charge in [-0.25, -0.2) is 4.98 Å². The summed E-state index contributed by atoms with van der Waals surface area (Å²) in [7, 11) is 0. The van der Waals surface area contributed by atoms with Gasteiger partial charge < -0.3 is 9.88 Å². The van der Waals surface area contributed by atoms with E-state index in [-0.39, 0.29) is 17.5 Å². The van der Waals surface area contributed by atoms with Crippen molar-refractivity contribution in [2.45, 2.75) is 12.5 Å². The van der Waals surface area contributed by atoms with Gasteiger partial charge in [0.05, 0.1) is 11.8 Å². The summed E-state index contributed by atoms with van der Waals surface area (Å²) in [6.45, 7) is 0. The molecular formula is C21H14ClN3O2S. The monoisotopic (exact) mass is 407 g/mol. The minimum absolute atomic E-state index is 0.0204. The van der Waals surface area contributed by atoms with Gasteiger partial charge in [0, 0.05) is 21.7 Å². The number of carbonyl (C=O) groups is 1. The molecule has 1 amide bonds. The van der Waals surface area contributed by atoms with Gasteiger partial charge >= 0.3 is 0 Å². The van der Waals surface area contributed by atoms with Gasteiger partial charge in [0.1, 0.15) is 16.7 Å². The lowest BCUT2D eigenvalue weighted by Gasteiger charge is -2.39. The number of aromatic nitrogens is 2. The number of H-pyrrole nitrogens is 1. The first-order valence-electron chi connectivity index (χ1n) is 8.76. The van der Waals surface area contributed by atoms with E-state index in [4.69, 9.17) is 11.6 Å². The maximum atomic E-state index is 12.9. The summed E-state index contributed by atoms with van der Waals surface area (Å²) in [6.07, 6.45) is 0.332. The standard InChI is InChI=1S/C21H14ClN3O2S/c22-13-8-6-12(7-9-13)15-11-28-21-18(15)20(27)23-19(24-21)16-10-17(26)25(16)14-4-2-1-3-5-14/h1-9,11,16H,10H2,(H,23,24,27). The second-order valence-corrected chi connectivity index (χ2v) is 7.90. The number of nitrogens with one attached hydrogen (secondary N) is 1. The van der Waals surface area contributed by atoms with E-state index in [1.807, 2.05) is 47.8 Å². The fraction of sp³-hybridized carbons (Fsp3) is 0.0952. The van der Waals surface area contributed by atoms with Gasteiger partial charge in [-0.05, 0) is 29.8 Å². The Labute approximate surface area is 169 Å². The van der Waals surface area contributed by atoms with E-state index >= 15 is 0 Å². The van der Waals surface area contributed by atoms with E-state index in [0.717, 1.165) is 16.8 Å². The second-order valence-electron chi connectivity index (χ2n) is 6.61. The summed E-state index contributed by atoms with van der Waals surface area (Å²) < 4.78 is 0. The van der Waals surface area contributed by atoms with Crippen LogP contribution in [0.1, 0.15) is 18.3 Å². The quantitative estimate of drug-likeness (QED) is 0.497. The average Bonchev–Trinajstić information content (AvgIpc) is 3.12. The van der Waals surface area contributed by atoms with Crippen molar-refractivity contribution in [3.8, 4) is 11.1 Å². The van der Waals surface area contributed by atoms with Crippen molar-refractivity contribution in [2.24, 2.45) is 0 Å². The van der Waals surface area contributed by atoms with Crippen LogP contribution in [0, 0.1) is 0 Å². The number of anilines is 1. The molecular weight excluding hydrogens is 394 g/mol. The number of benzene rings is 2. The molecule has 1 aliphatic rings. The zero-order valence-electron chi connectivity index (χ0n) is 14.6. The Morgan fingerprint density at radius 1 is 1.07 bits per heavy atom. The van der Waals surface area contributed by atoms with Crippen LogP contribution in [-0.4, -0.2) is 15.9 Å². The number of hydrogen-bond acceptors (Lipinski definition) is 4. The minimum Gasteiger partial charge on any atom is -0.308 e. The fourth-order valence-electron chi connectivity index (χ4n) is 3.51. The van der Waals surface area contributed by atoms with Crippen molar-refractivity contribution in [1.29, 1.82) is 0 Å². The molecule has 7 heteroatoms. The highest BCUT2D eigenvalue weighted by molar-refractivity contribution is 7.17. The predicted octanol–water partition coefficient (Wildman–Crippen LogP) is 4.78. The largest absolute Gasteiger partial charge is 0.308 e. The average molecular weight is 408 g/mol. The molecule has 1 fully saturated rings. The third kappa shape index (κ3) is 2.73. The summed E-state index contributed by atoms with van der Waals surface area (Å²) in [5.74, 6) is 0.539. The van der Waals surface area contributed by atoms with Crippen LogP contribution < -0.4 is 10.5 Å². The van der Waals surface area contributed by atoms with E-state index < -0.39 is 0 Å². The molecule has 4 aromatic rings. The number of para-hydroxylation sites is 1. The first-order valence-corrected chi connectivity index (χ1v) is 10.0. The second kappa shape index (κ2) is 6.58. The van der Waals surface area contributed by atoms with Crippen molar-refractivity contribution in [3.05, 3.63) is 81.2 Å². The zero-order valence-corrected chi connectivity index (χ0v) is 16.1. The lowest BCUT2D eigenvalue weighted by molar-refractivity contribution is -0.124. The van der Waals surface area contributed by atoms with Gasteiger partial charge in [0.15, 0.2) is 0 Å². The summed E-state index contributed by atoms with van der Waals surface area (Å²) in [4.78, 5) is 35.0. The highest BCUT2D eigenvalue weighted by Gasteiger charge is 2.40. The third-order valence-electron chi connectivity index (χ3n) is 4.92. The van der Waals surface area contributed by atoms with Gasteiger partial charge in [-0.3, -0.25) is 9.59 Å². The Balaban J connectivity index is 1.57. The predicted molar refractivity (Wildman–Crippen MR) is 112 cm³/mol. The van der Waals surface area contributed by atoms with Gasteiger partial charge in [0.25, 0.3) is 5.56 Å². The summed E-state index contributed by atoms with van der Waals surface area (Å²) in [5, 5.41) is 3.14. The summed E-state index contributed by atoms with van der Waals surface area (Å²) in [6, 6.07) is 16.5. The molecule has 0 radical (unpaired) electrons. The van der Waals surface area contributed by atoms with Crippen molar-refractivity contribution < 1.29 is 4.79 Å². The van der Waals surface area contributed by atoms with Gasteiger partial charge in [-0.15, -0.1) is 11.3 Å². The maximum absolute atomic E-state index is 12.9. The van der Waals surface area contributed by atoms with Gasteiger partial charge in [0.2, 0.25) is 5.91 Å². The Kier molecular flexibility index (Phi) is 4.03. The molecule has 1 unspecified atom stereocenters. The van der Waals surface area contributed by atoms with Crippen LogP contribution in [0.2, 0.25) is 5.02 Å². The van der Waals surface area contributed by atoms with Gasteiger partial charge in [-0.1, -0.05) is 41.9 Å². The number of thiophene rings is 1. The number of hydrogen-bond donors (Lipinski definition) is 1. The third-order valence-corrected chi connectivity index (χ3v) is 6.04. The number of aromatic amines is 1. The van der Waals surface area contributed by atoms with Crippen LogP contribution in [0.5, 0.6) is 0 Å². The summed E-state index contributed by atoms with van der Waals surface area (Å²) in [5.41, 5.74) is 2.36. The van der Waals surface area contributed by atoms with Crippen LogP contribution in [0.15, 0.2) is 64.8 Å². The number of fused-ring (bicyclic) bond motifs is 1. The Bertz CT molecular complexity index is 1250. The molecule has 3 heterocycles. The topological polar surface area (TPSA) is 66.1 Å². The summed E-state index contributed by atoms with van der Waals surface area (Å²) >= 11 is 7.39. The molecule has 2 aromatic carbocycles. The molecule has 0 bridgehead atoms. The first-order chi connectivity index (χ1) is 13.6. The van der Waals surface area contributed by atoms with E-state index in [9.17, 15) is 9.59 Å². The zero-order chi connectivity index (χ0) is 19.3. The molecule has 5 nitrogen and oxygen atoms in total. The molecule has 0 spiro atoms. The van der Waals surface area contributed by atoms with Crippen LogP contribution in [0.4, 0.5) is 5.69 Å². The molecule has 5 rings (SSSR count). The minimum atomic E-state index is -0.256. The van der Waals surface area contributed by atoms with E-state index in [1.54, 1.807) is 17.0 Å². The number of β-lactam (4-membered cyclic amide) rings is 1. The van der Waals surface area contributed by atoms with E-state index in [1.165, 1.54) is 11.3 Å². The molecule has 2 aromatic heterocycles. The van der Waals surface area contributed by atoms with E-state index in [0.29, 0.717) is 27.5 Å². The van der Waals surface area contributed by atoms with Crippen molar-refractivity contribution in [2.75, 3.05) is 4.90 Å². The van der Waals surface area contributed by atoms with Crippen molar-refractivity contribution >= 4 is 44.7 Å². The molecule has 0 aliphatic carbocycles. The van der Waals surface area contributed by atoms with Gasteiger partial charge in [-0.2, -0.15) is 0 Å². The number of rotatable bonds is 3. The molecule has 1 atom stereocenters. The lowest BCUT2D eigenvalue weighted by Crippen LogP contribution is -2.47. The number of halogens is 1. The van der Waals surface area contributed by atoms with Crippen LogP contribution in [0.25, 0.3) is 21.3 Å². The Morgan fingerprint density at radius 3 is 2.54 bits per heavy atom. The molecule has 1 aliphatic heterocycles. The molecule has 0 saturated carbocycles. The normalized spacial score (nSPS) is 16.4. The Morgan fingerprint density at radius 2 is 1.82 bits per heavy atom. The SMILES string of the molecule is O=C1CC(c2nc3scc(-c4ccc(Cl)cc4)c3c(=O)[nH]2)N1c1ccccc1. The molecule has 1 saturated heterocycles. The molecule has 28 heavy (non-hydrogen) atoms. The smallest absolute Gasteiger partial charge is 0.260 e. The molecule has 138 valence electrons. The number of carbonyl (C=O) groups excluding carboxylic acids is 1. The highest BCUT2D eigenvalue weighted by Crippen LogP contribution is 2.38. The first kappa shape index (κ1) is 17.2. The number of nitrogens with zero attached hydrogens (tertiary/aromatic N) is 2. The van der Waals surface area contributed by atoms with E-state index in [2.05, 4.69) is 9.97 Å². The lowest BCUT2D eigenvalue weighted by atomic mass is 9.99. The Hall–Kier alpha value is -2.96. The van der Waals surface area contributed by atoms with Crippen LogP contribution >= 0.6 is 22.9 Å². The van der Waals surface area contributed by atoms with Crippen molar-refractivity contribution in [3.63, 3.8) is 0 Å². The highest BCUT2D eigenvalue weighted by atomic mass is 35.5. The number of amides is 1. The molecule has 1 N–H and O–H groups in total.